The number of hydrogen-bond acceptors (Lipinski definition) is 4. The minimum absolute atomic E-state index is 0.275. The number of pyridine rings is 1. The van der Waals surface area contributed by atoms with Gasteiger partial charge in [-0.25, -0.2) is 18.1 Å². The van der Waals surface area contributed by atoms with E-state index in [4.69, 9.17) is 0 Å². The summed E-state index contributed by atoms with van der Waals surface area (Å²) in [6, 6.07) is 8.66. The smallest absolute Gasteiger partial charge is 0.240 e. The van der Waals surface area contributed by atoms with Crippen molar-refractivity contribution < 1.29 is 8.42 Å². The molecule has 0 aliphatic carbocycles. The highest BCUT2D eigenvalue weighted by Crippen LogP contribution is 2.19. The van der Waals surface area contributed by atoms with Crippen LogP contribution in [0.2, 0.25) is 0 Å². The molecule has 0 saturated heterocycles. The van der Waals surface area contributed by atoms with Gasteiger partial charge in [-0.2, -0.15) is 0 Å². The molecule has 2 N–H and O–H groups in total. The van der Waals surface area contributed by atoms with E-state index in [-0.39, 0.29) is 4.90 Å². The number of anilines is 1. The number of nitrogens with one attached hydrogen (secondary N) is 2. The second kappa shape index (κ2) is 6.41. The van der Waals surface area contributed by atoms with Crippen LogP contribution in [0.25, 0.3) is 10.9 Å². The second-order valence-corrected chi connectivity index (χ2v) is 6.93. The van der Waals surface area contributed by atoms with E-state index in [1.807, 2.05) is 26.0 Å². The maximum absolute atomic E-state index is 12.3. The summed E-state index contributed by atoms with van der Waals surface area (Å²) in [5.41, 5.74) is 0.766. The number of rotatable bonds is 6. The van der Waals surface area contributed by atoms with Crippen LogP contribution in [-0.4, -0.2) is 27.0 Å². The lowest BCUT2D eigenvalue weighted by molar-refractivity contribution is 0.528. The van der Waals surface area contributed by atoms with Gasteiger partial charge in [-0.3, -0.25) is 0 Å². The fourth-order valence-corrected chi connectivity index (χ4v) is 3.09. The molecule has 6 heteroatoms. The van der Waals surface area contributed by atoms with Gasteiger partial charge in [0, 0.05) is 19.0 Å². The van der Waals surface area contributed by atoms with E-state index < -0.39 is 10.0 Å². The predicted molar refractivity (Wildman–Crippen MR) is 85.9 cm³/mol. The fourth-order valence-electron chi connectivity index (χ4n) is 1.89. The maximum Gasteiger partial charge on any atom is 0.240 e. The highest BCUT2D eigenvalue weighted by molar-refractivity contribution is 7.89. The monoisotopic (exact) mass is 307 g/mol. The van der Waals surface area contributed by atoms with Crippen LogP contribution >= 0.6 is 0 Å². The first-order valence-corrected chi connectivity index (χ1v) is 8.53. The summed E-state index contributed by atoms with van der Waals surface area (Å²) in [5, 5.41) is 3.77. The summed E-state index contributed by atoms with van der Waals surface area (Å²) in [4.78, 5) is 4.65. The Bertz CT molecular complexity index is 729. The first-order valence-electron chi connectivity index (χ1n) is 7.04. The first kappa shape index (κ1) is 15.7. The molecule has 0 bridgehead atoms. The predicted octanol–water partition coefficient (Wildman–Crippen LogP) is 2.60. The third kappa shape index (κ3) is 3.71. The van der Waals surface area contributed by atoms with E-state index >= 15 is 0 Å². The van der Waals surface area contributed by atoms with Crippen LogP contribution in [0.4, 0.5) is 5.82 Å². The normalized spacial score (nSPS) is 13.3. The van der Waals surface area contributed by atoms with Crippen molar-refractivity contribution in [2.45, 2.75) is 25.2 Å². The molecule has 0 aliphatic rings. The van der Waals surface area contributed by atoms with Crippen LogP contribution in [0.1, 0.15) is 20.3 Å². The molecule has 1 aromatic carbocycles. The van der Waals surface area contributed by atoms with E-state index in [1.54, 1.807) is 25.2 Å². The standard InChI is InChI=1S/C15H21N3O2S/c1-4-11(2)10-17-21(19,20)13-6-7-14-12(9-13)5-8-15(16-3)18-14/h5-9,11,17H,4,10H2,1-3H3,(H,16,18). The Morgan fingerprint density at radius 1 is 1.24 bits per heavy atom. The van der Waals surface area contributed by atoms with Crippen molar-refractivity contribution >= 4 is 26.7 Å². The molecule has 0 radical (unpaired) electrons. The lowest BCUT2D eigenvalue weighted by atomic mass is 10.1. The molecule has 1 aromatic heterocycles. The molecule has 0 fully saturated rings. The lowest BCUT2D eigenvalue weighted by Crippen LogP contribution is -2.28. The van der Waals surface area contributed by atoms with Crippen molar-refractivity contribution in [2.75, 3.05) is 18.9 Å². The zero-order valence-corrected chi connectivity index (χ0v) is 13.4. The van der Waals surface area contributed by atoms with Crippen molar-refractivity contribution in [1.82, 2.24) is 9.71 Å². The minimum Gasteiger partial charge on any atom is -0.373 e. The number of benzene rings is 1. The lowest BCUT2D eigenvalue weighted by Gasteiger charge is -2.11. The molecular weight excluding hydrogens is 286 g/mol. The molecule has 2 aromatic rings. The molecule has 1 unspecified atom stereocenters. The zero-order chi connectivity index (χ0) is 15.5. The largest absolute Gasteiger partial charge is 0.373 e. The molecule has 1 atom stereocenters. The summed E-state index contributed by atoms with van der Waals surface area (Å²) in [6.07, 6.45) is 0.941. The van der Waals surface area contributed by atoms with Gasteiger partial charge in [0.05, 0.1) is 10.4 Å². The molecule has 2 rings (SSSR count). The third-order valence-corrected chi connectivity index (χ3v) is 4.97. The Morgan fingerprint density at radius 2 is 2.00 bits per heavy atom. The van der Waals surface area contributed by atoms with Crippen molar-refractivity contribution in [3.8, 4) is 0 Å². The topological polar surface area (TPSA) is 71.1 Å². The van der Waals surface area contributed by atoms with Crippen molar-refractivity contribution in [3.05, 3.63) is 30.3 Å². The van der Waals surface area contributed by atoms with Gasteiger partial charge in [-0.05, 0) is 36.2 Å². The molecule has 0 saturated carbocycles. The van der Waals surface area contributed by atoms with E-state index in [1.165, 1.54) is 0 Å². The molecule has 1 heterocycles. The van der Waals surface area contributed by atoms with Gasteiger partial charge in [-0.1, -0.05) is 20.3 Å². The van der Waals surface area contributed by atoms with E-state index in [9.17, 15) is 8.42 Å². The number of hydrogen-bond donors (Lipinski definition) is 2. The minimum atomic E-state index is -3.47. The molecular formula is C15H21N3O2S. The molecule has 0 spiro atoms. The van der Waals surface area contributed by atoms with Crippen LogP contribution in [0.5, 0.6) is 0 Å². The molecule has 0 aliphatic heterocycles. The number of fused-ring (bicyclic) bond motifs is 1. The van der Waals surface area contributed by atoms with Crippen LogP contribution in [0.3, 0.4) is 0 Å². The number of aromatic nitrogens is 1. The summed E-state index contributed by atoms with van der Waals surface area (Å²) in [5.74, 6) is 1.08. The third-order valence-electron chi connectivity index (χ3n) is 3.55. The van der Waals surface area contributed by atoms with Crippen LogP contribution in [-0.2, 0) is 10.0 Å². The second-order valence-electron chi connectivity index (χ2n) is 5.17. The highest BCUT2D eigenvalue weighted by Gasteiger charge is 2.15. The van der Waals surface area contributed by atoms with Gasteiger partial charge < -0.3 is 5.32 Å². The van der Waals surface area contributed by atoms with E-state index in [0.717, 1.165) is 23.1 Å². The first-order chi connectivity index (χ1) is 9.96. The molecule has 114 valence electrons. The van der Waals surface area contributed by atoms with E-state index in [0.29, 0.717) is 12.5 Å². The molecule has 21 heavy (non-hydrogen) atoms. The van der Waals surface area contributed by atoms with Gasteiger partial charge in [0.15, 0.2) is 0 Å². The van der Waals surface area contributed by atoms with Crippen LogP contribution < -0.4 is 10.0 Å². The summed E-state index contributed by atoms with van der Waals surface area (Å²) in [6.45, 7) is 4.51. The van der Waals surface area contributed by atoms with Gasteiger partial charge in [-0.15, -0.1) is 0 Å². The number of nitrogens with zero attached hydrogens (tertiary/aromatic N) is 1. The Kier molecular flexibility index (Phi) is 4.80. The number of sulfonamides is 1. The molecule has 0 amide bonds. The summed E-state index contributed by atoms with van der Waals surface area (Å²) < 4.78 is 27.2. The van der Waals surface area contributed by atoms with Crippen molar-refractivity contribution in [2.24, 2.45) is 5.92 Å². The Labute approximate surface area is 125 Å². The Hall–Kier alpha value is -1.66. The highest BCUT2D eigenvalue weighted by atomic mass is 32.2. The van der Waals surface area contributed by atoms with Crippen LogP contribution in [0, 0.1) is 5.92 Å². The maximum atomic E-state index is 12.3. The van der Waals surface area contributed by atoms with E-state index in [2.05, 4.69) is 15.0 Å². The van der Waals surface area contributed by atoms with Crippen LogP contribution in [0.15, 0.2) is 35.2 Å². The van der Waals surface area contributed by atoms with Crippen molar-refractivity contribution in [3.63, 3.8) is 0 Å². The summed E-state index contributed by atoms with van der Waals surface area (Å²) in [7, 11) is -1.67. The van der Waals surface area contributed by atoms with Crippen molar-refractivity contribution in [1.29, 1.82) is 0 Å². The summed E-state index contributed by atoms with van der Waals surface area (Å²) >= 11 is 0. The Morgan fingerprint density at radius 3 is 2.67 bits per heavy atom. The van der Waals surface area contributed by atoms with Gasteiger partial charge >= 0.3 is 0 Å². The average molecular weight is 307 g/mol. The van der Waals surface area contributed by atoms with Gasteiger partial charge in [0.2, 0.25) is 10.0 Å². The molecule has 5 nitrogen and oxygen atoms in total. The zero-order valence-electron chi connectivity index (χ0n) is 12.6. The Balaban J connectivity index is 2.29. The SMILES string of the molecule is CCC(C)CNS(=O)(=O)c1ccc2nc(NC)ccc2c1. The fraction of sp³-hybridized carbons (Fsp3) is 0.400. The average Bonchev–Trinajstić information content (AvgIpc) is 2.51. The van der Waals surface area contributed by atoms with Gasteiger partial charge in [0.1, 0.15) is 5.82 Å². The van der Waals surface area contributed by atoms with Gasteiger partial charge in [0.25, 0.3) is 0 Å². The quantitative estimate of drug-likeness (QED) is 0.860.